The third-order valence-electron chi connectivity index (χ3n) is 2.44. The second-order valence-corrected chi connectivity index (χ2v) is 4.01. The zero-order valence-electron chi connectivity index (χ0n) is 9.81. The molecule has 0 amide bonds. The van der Waals surface area contributed by atoms with E-state index in [1.54, 1.807) is 0 Å². The molecule has 2 aromatic heterocycles. The van der Waals surface area contributed by atoms with Crippen LogP contribution < -0.4 is 4.90 Å². The van der Waals surface area contributed by atoms with Gasteiger partial charge in [0.2, 0.25) is 0 Å². The first-order valence-corrected chi connectivity index (χ1v) is 5.23. The van der Waals surface area contributed by atoms with Crippen LogP contribution in [0.5, 0.6) is 0 Å². The lowest BCUT2D eigenvalue weighted by atomic mass is 10.2. The molecule has 0 spiro atoms. The molecule has 0 atom stereocenters. The summed E-state index contributed by atoms with van der Waals surface area (Å²) in [7, 11) is 4.03. The van der Waals surface area contributed by atoms with Gasteiger partial charge in [0, 0.05) is 32.2 Å². The van der Waals surface area contributed by atoms with Crippen LogP contribution in [-0.4, -0.2) is 24.1 Å². The second kappa shape index (κ2) is 4.31. The number of hydrogen-bond acceptors (Lipinski definition) is 3. The largest absolute Gasteiger partial charge is 0.378 e. The van der Waals surface area contributed by atoms with Crippen LogP contribution in [0.15, 0.2) is 36.7 Å². The summed E-state index contributed by atoms with van der Waals surface area (Å²) in [5.41, 5.74) is 4.16. The smallest absolute Gasteiger partial charge is 0.0906 e. The fourth-order valence-electron chi connectivity index (χ4n) is 1.51. The highest BCUT2D eigenvalue weighted by Gasteiger charge is 2.03. The van der Waals surface area contributed by atoms with Crippen molar-refractivity contribution in [2.24, 2.45) is 0 Å². The van der Waals surface area contributed by atoms with Gasteiger partial charge in [0.25, 0.3) is 0 Å². The molecule has 0 saturated carbocycles. The highest BCUT2D eigenvalue weighted by molar-refractivity contribution is 5.61. The Balaban J connectivity index is 2.44. The summed E-state index contributed by atoms with van der Waals surface area (Å²) in [4.78, 5) is 10.7. The molecule has 82 valence electrons. The predicted octanol–water partition coefficient (Wildman–Crippen LogP) is 2.52. The van der Waals surface area contributed by atoms with Crippen LogP contribution in [0.3, 0.4) is 0 Å². The molecule has 0 aliphatic heterocycles. The Bertz CT molecular complexity index is 492. The quantitative estimate of drug-likeness (QED) is 0.767. The Kier molecular flexibility index (Phi) is 2.86. The molecule has 16 heavy (non-hydrogen) atoms. The summed E-state index contributed by atoms with van der Waals surface area (Å²) >= 11 is 0. The molecule has 0 unspecified atom stereocenters. The highest BCUT2D eigenvalue weighted by atomic mass is 15.1. The van der Waals surface area contributed by atoms with Gasteiger partial charge >= 0.3 is 0 Å². The van der Waals surface area contributed by atoms with Crippen molar-refractivity contribution in [3.8, 4) is 11.4 Å². The Labute approximate surface area is 95.8 Å². The number of anilines is 1. The minimum absolute atomic E-state index is 0.912. The lowest BCUT2D eigenvalue weighted by molar-refractivity contribution is 1.12. The molecule has 0 saturated heterocycles. The first-order chi connectivity index (χ1) is 7.66. The molecule has 0 aromatic carbocycles. The maximum atomic E-state index is 4.34. The Morgan fingerprint density at radius 2 is 1.56 bits per heavy atom. The van der Waals surface area contributed by atoms with Crippen LogP contribution in [0.1, 0.15) is 5.56 Å². The fourth-order valence-corrected chi connectivity index (χ4v) is 1.51. The van der Waals surface area contributed by atoms with E-state index >= 15 is 0 Å². The van der Waals surface area contributed by atoms with Crippen LogP contribution in [0.4, 0.5) is 5.69 Å². The van der Waals surface area contributed by atoms with Crippen molar-refractivity contribution in [1.82, 2.24) is 9.97 Å². The van der Waals surface area contributed by atoms with Crippen molar-refractivity contribution < 1.29 is 0 Å². The molecule has 3 nitrogen and oxygen atoms in total. The average Bonchev–Trinajstić information content (AvgIpc) is 2.29. The molecule has 3 heteroatoms. The van der Waals surface area contributed by atoms with E-state index in [0.717, 1.165) is 17.1 Å². The van der Waals surface area contributed by atoms with Gasteiger partial charge in [-0.1, -0.05) is 0 Å². The monoisotopic (exact) mass is 213 g/mol. The summed E-state index contributed by atoms with van der Waals surface area (Å²) in [6.07, 6.45) is 3.63. The van der Waals surface area contributed by atoms with Gasteiger partial charge < -0.3 is 4.90 Å². The van der Waals surface area contributed by atoms with Crippen LogP contribution in [0, 0.1) is 6.92 Å². The zero-order chi connectivity index (χ0) is 11.5. The van der Waals surface area contributed by atoms with Crippen molar-refractivity contribution in [1.29, 1.82) is 0 Å². The minimum Gasteiger partial charge on any atom is -0.378 e. The van der Waals surface area contributed by atoms with Gasteiger partial charge in [0.15, 0.2) is 0 Å². The summed E-state index contributed by atoms with van der Waals surface area (Å²) in [5, 5.41) is 0. The van der Waals surface area contributed by atoms with Gasteiger partial charge in [-0.05, 0) is 36.8 Å². The van der Waals surface area contributed by atoms with E-state index in [4.69, 9.17) is 0 Å². The maximum absolute atomic E-state index is 4.34. The lowest BCUT2D eigenvalue weighted by Gasteiger charge is -2.12. The molecule has 2 rings (SSSR count). The molecule has 2 aromatic rings. The molecule has 0 N–H and O–H groups in total. The molecular weight excluding hydrogens is 198 g/mol. The van der Waals surface area contributed by atoms with Crippen LogP contribution in [-0.2, 0) is 0 Å². The zero-order valence-corrected chi connectivity index (χ0v) is 9.81. The summed E-state index contributed by atoms with van der Waals surface area (Å²) < 4.78 is 0. The van der Waals surface area contributed by atoms with Gasteiger partial charge in [-0.3, -0.25) is 9.97 Å². The standard InChI is InChI=1S/C13H15N3/c1-10-4-6-14-12(8-10)13-9-11(16(2)3)5-7-15-13/h4-9H,1-3H3. The van der Waals surface area contributed by atoms with E-state index in [9.17, 15) is 0 Å². The first kappa shape index (κ1) is 10.6. The predicted molar refractivity (Wildman–Crippen MR) is 66.5 cm³/mol. The number of hydrogen-bond donors (Lipinski definition) is 0. The highest BCUT2D eigenvalue weighted by Crippen LogP contribution is 2.19. The van der Waals surface area contributed by atoms with E-state index in [1.165, 1.54) is 5.56 Å². The second-order valence-electron chi connectivity index (χ2n) is 4.01. The number of nitrogens with zero attached hydrogens (tertiary/aromatic N) is 3. The molecule has 0 fully saturated rings. The molecule has 0 bridgehead atoms. The molecule has 2 heterocycles. The Morgan fingerprint density at radius 3 is 2.19 bits per heavy atom. The van der Waals surface area contributed by atoms with Crippen molar-refractivity contribution >= 4 is 5.69 Å². The summed E-state index contributed by atoms with van der Waals surface area (Å²) in [5.74, 6) is 0. The van der Waals surface area contributed by atoms with Crippen molar-refractivity contribution in [2.45, 2.75) is 6.92 Å². The maximum Gasteiger partial charge on any atom is 0.0906 e. The molecule has 0 aliphatic carbocycles. The Hall–Kier alpha value is -1.90. The van der Waals surface area contributed by atoms with Crippen molar-refractivity contribution in [2.75, 3.05) is 19.0 Å². The third-order valence-corrected chi connectivity index (χ3v) is 2.44. The number of aromatic nitrogens is 2. The normalized spacial score (nSPS) is 10.2. The number of rotatable bonds is 2. The molecule has 0 aliphatic rings. The number of pyridine rings is 2. The number of aryl methyl sites for hydroxylation is 1. The van der Waals surface area contributed by atoms with Crippen molar-refractivity contribution in [3.05, 3.63) is 42.2 Å². The van der Waals surface area contributed by atoms with Gasteiger partial charge in [-0.2, -0.15) is 0 Å². The fraction of sp³-hybridized carbons (Fsp3) is 0.231. The summed E-state index contributed by atoms with van der Waals surface area (Å²) in [6.45, 7) is 2.06. The van der Waals surface area contributed by atoms with Crippen LogP contribution >= 0.6 is 0 Å². The molecular formula is C13H15N3. The van der Waals surface area contributed by atoms with Crippen LogP contribution in [0.25, 0.3) is 11.4 Å². The van der Waals surface area contributed by atoms with E-state index in [1.807, 2.05) is 50.8 Å². The van der Waals surface area contributed by atoms with E-state index < -0.39 is 0 Å². The van der Waals surface area contributed by atoms with Gasteiger partial charge in [0.1, 0.15) is 0 Å². The first-order valence-electron chi connectivity index (χ1n) is 5.23. The minimum atomic E-state index is 0.912. The topological polar surface area (TPSA) is 29.0 Å². The molecule has 0 radical (unpaired) electrons. The SMILES string of the molecule is Cc1ccnc(-c2cc(N(C)C)ccn2)c1. The lowest BCUT2D eigenvalue weighted by Crippen LogP contribution is -2.08. The van der Waals surface area contributed by atoms with Gasteiger partial charge in [-0.15, -0.1) is 0 Å². The van der Waals surface area contributed by atoms with E-state index in [0.29, 0.717) is 0 Å². The van der Waals surface area contributed by atoms with Crippen molar-refractivity contribution in [3.63, 3.8) is 0 Å². The van der Waals surface area contributed by atoms with Gasteiger partial charge in [-0.25, -0.2) is 0 Å². The van der Waals surface area contributed by atoms with Gasteiger partial charge in [0.05, 0.1) is 11.4 Å². The third kappa shape index (κ3) is 2.19. The average molecular weight is 213 g/mol. The summed E-state index contributed by atoms with van der Waals surface area (Å²) in [6, 6.07) is 8.06. The Morgan fingerprint density at radius 1 is 0.938 bits per heavy atom. The van der Waals surface area contributed by atoms with Crippen LogP contribution in [0.2, 0.25) is 0 Å². The van der Waals surface area contributed by atoms with E-state index in [-0.39, 0.29) is 0 Å². The van der Waals surface area contributed by atoms with E-state index in [2.05, 4.69) is 21.8 Å².